The molecule has 2 aliphatic heterocycles. The molecule has 0 aromatic heterocycles. The molecule has 0 saturated carbocycles. The maximum Gasteiger partial charge on any atom is 0.219 e. The van der Waals surface area contributed by atoms with Gasteiger partial charge in [0.25, 0.3) is 0 Å². The Balaban J connectivity index is 0.000000659. The van der Waals surface area contributed by atoms with Crippen LogP contribution in [0.15, 0.2) is 0 Å². The minimum atomic E-state index is 0.256. The lowest BCUT2D eigenvalue weighted by atomic mass is 10.2. The van der Waals surface area contributed by atoms with Crippen molar-refractivity contribution in [1.82, 2.24) is 9.80 Å². The van der Waals surface area contributed by atoms with Crippen molar-refractivity contribution in [3.8, 4) is 0 Å². The average Bonchev–Trinajstić information content (AvgIpc) is 3.06. The lowest BCUT2D eigenvalue weighted by Crippen LogP contribution is -2.41. The summed E-state index contributed by atoms with van der Waals surface area (Å²) in [6.07, 6.45) is 5.08. The molecule has 1 amide bonds. The average molecular weight is 256 g/mol. The lowest BCUT2D eigenvalue weighted by molar-refractivity contribution is -0.129. The van der Waals surface area contributed by atoms with Gasteiger partial charge in [-0.25, -0.2) is 0 Å². The quantitative estimate of drug-likeness (QED) is 0.758. The fourth-order valence-corrected chi connectivity index (χ4v) is 2.70. The van der Waals surface area contributed by atoms with Crippen molar-refractivity contribution in [1.29, 1.82) is 0 Å². The molecule has 2 rings (SSSR count). The Kier molecular flexibility index (Phi) is 10.0. The molecule has 2 fully saturated rings. The van der Waals surface area contributed by atoms with Crippen LogP contribution in [0.1, 0.15) is 60.3 Å². The summed E-state index contributed by atoms with van der Waals surface area (Å²) in [5.41, 5.74) is 0. The Morgan fingerprint density at radius 1 is 1.00 bits per heavy atom. The molecule has 0 radical (unpaired) electrons. The van der Waals surface area contributed by atoms with Crippen LogP contribution in [0.3, 0.4) is 0 Å². The largest absolute Gasteiger partial charge is 0.339 e. The number of amides is 1. The minimum Gasteiger partial charge on any atom is -0.339 e. The Hall–Kier alpha value is -0.570. The highest BCUT2D eigenvalue weighted by Crippen LogP contribution is 2.20. The van der Waals surface area contributed by atoms with Crippen molar-refractivity contribution in [2.45, 2.75) is 66.3 Å². The van der Waals surface area contributed by atoms with Crippen LogP contribution in [-0.2, 0) is 4.79 Å². The molecule has 2 saturated heterocycles. The molecule has 0 aromatic rings. The number of nitrogens with zero attached hydrogens (tertiary/aromatic N) is 2. The third-order valence-electron chi connectivity index (χ3n) is 3.45. The molecule has 3 heteroatoms. The molecule has 18 heavy (non-hydrogen) atoms. The number of rotatable bonds is 2. The van der Waals surface area contributed by atoms with Crippen LogP contribution in [0.4, 0.5) is 0 Å². The smallest absolute Gasteiger partial charge is 0.219 e. The van der Waals surface area contributed by atoms with Gasteiger partial charge in [-0.05, 0) is 38.8 Å². The molecular weight excluding hydrogens is 224 g/mol. The zero-order chi connectivity index (χ0) is 14.0. The lowest BCUT2D eigenvalue weighted by Gasteiger charge is -2.27. The van der Waals surface area contributed by atoms with E-state index in [0.29, 0.717) is 6.04 Å². The van der Waals surface area contributed by atoms with Crippen LogP contribution >= 0.6 is 0 Å². The summed E-state index contributed by atoms with van der Waals surface area (Å²) in [7, 11) is 0. The molecular formula is C15H32N2O. The van der Waals surface area contributed by atoms with Crippen LogP contribution in [0.2, 0.25) is 0 Å². The molecule has 3 nitrogen and oxygen atoms in total. The number of hydrogen-bond donors (Lipinski definition) is 0. The van der Waals surface area contributed by atoms with Gasteiger partial charge < -0.3 is 9.80 Å². The maximum atomic E-state index is 11.3. The third kappa shape index (κ3) is 5.38. The molecule has 0 aliphatic carbocycles. The monoisotopic (exact) mass is 256 g/mol. The van der Waals surface area contributed by atoms with Crippen molar-refractivity contribution in [2.75, 3.05) is 26.2 Å². The first-order chi connectivity index (χ1) is 8.77. The van der Waals surface area contributed by atoms with Gasteiger partial charge in [0.15, 0.2) is 0 Å². The fourth-order valence-electron chi connectivity index (χ4n) is 2.70. The van der Waals surface area contributed by atoms with E-state index in [1.807, 2.05) is 27.7 Å². The van der Waals surface area contributed by atoms with E-state index in [2.05, 4.69) is 9.80 Å². The van der Waals surface area contributed by atoms with E-state index in [-0.39, 0.29) is 5.91 Å². The van der Waals surface area contributed by atoms with Crippen LogP contribution in [0, 0.1) is 0 Å². The fraction of sp³-hybridized carbons (Fsp3) is 0.933. The number of likely N-dealkylation sites (tertiary alicyclic amines) is 2. The van der Waals surface area contributed by atoms with Crippen LogP contribution < -0.4 is 0 Å². The molecule has 0 spiro atoms. The number of carbonyl (C=O) groups is 1. The molecule has 1 atom stereocenters. The highest BCUT2D eigenvalue weighted by molar-refractivity contribution is 5.73. The van der Waals surface area contributed by atoms with E-state index < -0.39 is 0 Å². The van der Waals surface area contributed by atoms with Gasteiger partial charge in [0.2, 0.25) is 5.91 Å². The summed E-state index contributed by atoms with van der Waals surface area (Å²) < 4.78 is 0. The van der Waals surface area contributed by atoms with E-state index in [9.17, 15) is 4.79 Å². The number of hydrogen-bond acceptors (Lipinski definition) is 2. The second-order valence-electron chi connectivity index (χ2n) is 4.52. The van der Waals surface area contributed by atoms with E-state index >= 15 is 0 Å². The zero-order valence-electron chi connectivity index (χ0n) is 13.0. The van der Waals surface area contributed by atoms with Gasteiger partial charge in [-0.2, -0.15) is 0 Å². The Morgan fingerprint density at radius 3 is 2.06 bits per heavy atom. The van der Waals surface area contributed by atoms with E-state index in [0.717, 1.165) is 13.1 Å². The normalized spacial score (nSPS) is 22.9. The number of carbonyl (C=O) groups excluding carboxylic acids is 1. The highest BCUT2D eigenvalue weighted by Gasteiger charge is 2.28. The maximum absolute atomic E-state index is 11.3. The summed E-state index contributed by atoms with van der Waals surface area (Å²) in [4.78, 5) is 15.9. The SMILES string of the molecule is CC.CC.CC(=O)N1CCCC1CN1CCCC1. The second kappa shape index (κ2) is 10.4. The molecule has 108 valence electrons. The van der Waals surface area contributed by atoms with Crippen LogP contribution in [-0.4, -0.2) is 47.9 Å². The predicted octanol–water partition coefficient (Wildman–Crippen LogP) is 3.15. The summed E-state index contributed by atoms with van der Waals surface area (Å²) in [5.74, 6) is 0.256. The van der Waals surface area contributed by atoms with Crippen molar-refractivity contribution in [2.24, 2.45) is 0 Å². The van der Waals surface area contributed by atoms with Crippen molar-refractivity contribution in [3.63, 3.8) is 0 Å². The second-order valence-corrected chi connectivity index (χ2v) is 4.52. The van der Waals surface area contributed by atoms with Crippen molar-refractivity contribution < 1.29 is 4.79 Å². The topological polar surface area (TPSA) is 23.6 Å². The molecule has 0 bridgehead atoms. The summed E-state index contributed by atoms with van der Waals surface area (Å²) in [6, 6.07) is 0.505. The van der Waals surface area contributed by atoms with Crippen LogP contribution in [0.25, 0.3) is 0 Å². The highest BCUT2D eigenvalue weighted by atomic mass is 16.2. The van der Waals surface area contributed by atoms with E-state index in [1.54, 1.807) is 6.92 Å². The molecule has 0 N–H and O–H groups in total. The summed E-state index contributed by atoms with van der Waals surface area (Å²) >= 11 is 0. The zero-order valence-corrected chi connectivity index (χ0v) is 13.0. The molecule has 2 aliphatic rings. The first-order valence-electron chi connectivity index (χ1n) is 7.77. The van der Waals surface area contributed by atoms with Crippen molar-refractivity contribution >= 4 is 5.91 Å². The predicted molar refractivity (Wildman–Crippen MR) is 78.8 cm³/mol. The van der Waals surface area contributed by atoms with Gasteiger partial charge in [-0.3, -0.25) is 4.79 Å². The third-order valence-corrected chi connectivity index (χ3v) is 3.45. The van der Waals surface area contributed by atoms with E-state index in [1.165, 1.54) is 38.8 Å². The molecule has 1 unspecified atom stereocenters. The minimum absolute atomic E-state index is 0.256. The van der Waals surface area contributed by atoms with Crippen molar-refractivity contribution in [3.05, 3.63) is 0 Å². The Bertz CT molecular complexity index is 213. The summed E-state index contributed by atoms with van der Waals surface area (Å²) in [5, 5.41) is 0. The van der Waals surface area contributed by atoms with Gasteiger partial charge in [-0.1, -0.05) is 27.7 Å². The van der Waals surface area contributed by atoms with Gasteiger partial charge in [-0.15, -0.1) is 0 Å². The first-order valence-corrected chi connectivity index (χ1v) is 7.77. The Labute approximate surface area is 114 Å². The Morgan fingerprint density at radius 2 is 1.56 bits per heavy atom. The summed E-state index contributed by atoms with van der Waals surface area (Å²) in [6.45, 7) is 14.3. The molecule has 2 heterocycles. The van der Waals surface area contributed by atoms with Gasteiger partial charge in [0.05, 0.1) is 0 Å². The first kappa shape index (κ1) is 17.4. The van der Waals surface area contributed by atoms with Gasteiger partial charge in [0.1, 0.15) is 0 Å². The van der Waals surface area contributed by atoms with Crippen LogP contribution in [0.5, 0.6) is 0 Å². The van der Waals surface area contributed by atoms with Gasteiger partial charge >= 0.3 is 0 Å². The standard InChI is InChI=1S/C11H20N2O.2C2H6/c1-10(14)13-8-4-5-11(13)9-12-6-2-3-7-12;2*1-2/h11H,2-9H2,1H3;2*1-2H3. The van der Waals surface area contributed by atoms with E-state index in [4.69, 9.17) is 0 Å². The van der Waals surface area contributed by atoms with Gasteiger partial charge in [0, 0.05) is 26.1 Å². The molecule has 0 aromatic carbocycles.